The Morgan fingerprint density at radius 2 is 1.94 bits per heavy atom. The topological polar surface area (TPSA) is 55.1 Å². The number of hydrogen-bond donors (Lipinski definition) is 2. The number of anilines is 2. The highest BCUT2D eigenvalue weighted by Gasteiger charge is 2.54. The molecule has 0 aromatic heterocycles. The van der Waals surface area contributed by atoms with Crippen molar-refractivity contribution in [3.05, 3.63) is 24.0 Å². The number of nitrogens with one attached hydrogen (secondary N) is 1. The average Bonchev–Trinajstić information content (AvgIpc) is 3.08. The fourth-order valence-corrected chi connectivity index (χ4v) is 3.23. The summed E-state index contributed by atoms with van der Waals surface area (Å²) in [4.78, 5) is 12.1. The summed E-state index contributed by atoms with van der Waals surface area (Å²) < 4.78 is 13.0. The first-order valence-corrected chi connectivity index (χ1v) is 6.52. The van der Waals surface area contributed by atoms with Gasteiger partial charge in [0.15, 0.2) is 0 Å². The van der Waals surface area contributed by atoms with E-state index in [1.54, 1.807) is 6.07 Å². The quantitative estimate of drug-likeness (QED) is 0.791. The zero-order valence-corrected chi connectivity index (χ0v) is 10.2. The highest BCUT2D eigenvalue weighted by atomic mass is 19.1. The molecule has 2 unspecified atom stereocenters. The number of carbonyl (C=O) groups is 1. The summed E-state index contributed by atoms with van der Waals surface area (Å²) in [6, 6.07) is 4.31. The highest BCUT2D eigenvalue weighted by molar-refractivity contribution is 5.95. The molecule has 0 spiro atoms. The van der Waals surface area contributed by atoms with Crippen molar-refractivity contribution < 1.29 is 9.18 Å². The van der Waals surface area contributed by atoms with Crippen molar-refractivity contribution in [3.8, 4) is 0 Å². The molecule has 0 radical (unpaired) electrons. The molecule has 0 heterocycles. The lowest BCUT2D eigenvalue weighted by atomic mass is 10.0. The van der Waals surface area contributed by atoms with E-state index in [0.717, 1.165) is 0 Å². The van der Waals surface area contributed by atoms with Gasteiger partial charge in [-0.15, -0.1) is 0 Å². The van der Waals surface area contributed by atoms with E-state index < -0.39 is 5.82 Å². The van der Waals surface area contributed by atoms with Crippen LogP contribution < -0.4 is 11.1 Å². The molecule has 1 amide bonds. The number of nitrogens with two attached hydrogens (primary N) is 1. The molecular weight excluding hydrogens is 231 g/mol. The summed E-state index contributed by atoms with van der Waals surface area (Å²) in [6.07, 6.45) is 4.84. The van der Waals surface area contributed by atoms with Crippen LogP contribution in [0.5, 0.6) is 0 Å². The number of benzene rings is 1. The molecule has 3 N–H and O–H groups in total. The summed E-state index contributed by atoms with van der Waals surface area (Å²) in [5.74, 6) is 0.942. The van der Waals surface area contributed by atoms with Crippen LogP contribution in [0.4, 0.5) is 15.8 Å². The number of carbonyl (C=O) groups excluding carboxylic acids is 1. The van der Waals surface area contributed by atoms with E-state index in [9.17, 15) is 9.18 Å². The monoisotopic (exact) mass is 248 g/mol. The minimum atomic E-state index is -0.451. The van der Waals surface area contributed by atoms with Gasteiger partial charge in [0, 0.05) is 11.6 Å². The smallest absolute Gasteiger partial charge is 0.228 e. The van der Waals surface area contributed by atoms with Crippen LogP contribution in [0, 0.1) is 23.6 Å². The van der Waals surface area contributed by atoms with E-state index in [0.29, 0.717) is 17.5 Å². The predicted molar refractivity (Wildman–Crippen MR) is 68.4 cm³/mol. The molecule has 96 valence electrons. The third-order valence-corrected chi connectivity index (χ3v) is 4.22. The average molecular weight is 248 g/mol. The van der Waals surface area contributed by atoms with E-state index in [1.807, 2.05) is 0 Å². The number of hydrogen-bond acceptors (Lipinski definition) is 2. The SMILES string of the molecule is Nc1cc(NC(=O)C2C3CCCCC32)ccc1F. The van der Waals surface area contributed by atoms with Gasteiger partial charge in [-0.25, -0.2) is 4.39 Å². The maximum Gasteiger partial charge on any atom is 0.228 e. The van der Waals surface area contributed by atoms with Gasteiger partial charge in [-0.3, -0.25) is 4.79 Å². The van der Waals surface area contributed by atoms with Crippen LogP contribution in [-0.2, 0) is 4.79 Å². The first kappa shape index (κ1) is 11.5. The highest BCUT2D eigenvalue weighted by Crippen LogP contribution is 2.55. The van der Waals surface area contributed by atoms with Crippen LogP contribution in [0.25, 0.3) is 0 Å². The van der Waals surface area contributed by atoms with Crippen molar-refractivity contribution >= 4 is 17.3 Å². The molecule has 3 rings (SSSR count). The maximum absolute atomic E-state index is 13.0. The fourth-order valence-electron chi connectivity index (χ4n) is 3.23. The number of amides is 1. The number of rotatable bonds is 2. The molecule has 2 aliphatic carbocycles. The van der Waals surface area contributed by atoms with Gasteiger partial charge in [-0.1, -0.05) is 12.8 Å². The lowest BCUT2D eigenvalue weighted by molar-refractivity contribution is -0.117. The molecular formula is C14H17FN2O. The molecule has 2 saturated carbocycles. The second-order valence-corrected chi connectivity index (χ2v) is 5.36. The maximum atomic E-state index is 13.0. The largest absolute Gasteiger partial charge is 0.396 e. The van der Waals surface area contributed by atoms with Crippen LogP contribution >= 0.6 is 0 Å². The zero-order valence-electron chi connectivity index (χ0n) is 10.2. The summed E-state index contributed by atoms with van der Waals surface area (Å²) in [5, 5.41) is 2.84. The summed E-state index contributed by atoms with van der Waals surface area (Å²) in [6.45, 7) is 0. The summed E-state index contributed by atoms with van der Waals surface area (Å²) >= 11 is 0. The van der Waals surface area contributed by atoms with Gasteiger partial charge in [-0.05, 0) is 42.9 Å². The molecule has 2 fully saturated rings. The van der Waals surface area contributed by atoms with E-state index in [-0.39, 0.29) is 17.5 Å². The lowest BCUT2D eigenvalue weighted by Gasteiger charge is -2.06. The Labute approximate surface area is 106 Å². The first-order chi connectivity index (χ1) is 8.66. The van der Waals surface area contributed by atoms with Crippen LogP contribution in [0.2, 0.25) is 0 Å². The van der Waals surface area contributed by atoms with Gasteiger partial charge < -0.3 is 11.1 Å². The number of fused-ring (bicyclic) bond motifs is 1. The van der Waals surface area contributed by atoms with E-state index >= 15 is 0 Å². The molecule has 0 saturated heterocycles. The van der Waals surface area contributed by atoms with E-state index in [2.05, 4.69) is 5.32 Å². The van der Waals surface area contributed by atoms with Crippen molar-refractivity contribution in [1.82, 2.24) is 0 Å². The molecule has 4 heteroatoms. The molecule has 2 aliphatic rings. The summed E-state index contributed by atoms with van der Waals surface area (Å²) in [5.41, 5.74) is 6.13. The normalized spacial score (nSPS) is 29.5. The Kier molecular flexibility index (Phi) is 2.73. The van der Waals surface area contributed by atoms with Gasteiger partial charge in [0.1, 0.15) is 5.82 Å². The van der Waals surface area contributed by atoms with Crippen LogP contribution in [0.1, 0.15) is 25.7 Å². The van der Waals surface area contributed by atoms with Gasteiger partial charge in [0.2, 0.25) is 5.91 Å². The van der Waals surface area contributed by atoms with Crippen molar-refractivity contribution in [1.29, 1.82) is 0 Å². The third kappa shape index (κ3) is 1.96. The standard InChI is InChI=1S/C14H17FN2O/c15-11-6-5-8(7-12(11)16)17-14(18)13-9-3-1-2-4-10(9)13/h5-7,9-10,13H,1-4,16H2,(H,17,18). The second kappa shape index (κ2) is 4.26. The van der Waals surface area contributed by atoms with Crippen molar-refractivity contribution in [2.75, 3.05) is 11.1 Å². The summed E-state index contributed by atoms with van der Waals surface area (Å²) in [7, 11) is 0. The minimum absolute atomic E-state index is 0.0675. The van der Waals surface area contributed by atoms with Gasteiger partial charge in [0.05, 0.1) is 5.69 Å². The molecule has 0 bridgehead atoms. The third-order valence-electron chi connectivity index (χ3n) is 4.22. The Bertz CT molecular complexity index is 477. The zero-order chi connectivity index (χ0) is 12.7. The van der Waals surface area contributed by atoms with Crippen molar-refractivity contribution in [2.24, 2.45) is 17.8 Å². The lowest BCUT2D eigenvalue weighted by Crippen LogP contribution is -2.15. The van der Waals surface area contributed by atoms with Crippen LogP contribution in [0.15, 0.2) is 18.2 Å². The Morgan fingerprint density at radius 3 is 2.56 bits per heavy atom. The Hall–Kier alpha value is -1.58. The van der Waals surface area contributed by atoms with E-state index in [1.165, 1.54) is 37.8 Å². The molecule has 3 nitrogen and oxygen atoms in total. The Morgan fingerprint density at radius 1 is 1.28 bits per heavy atom. The molecule has 2 atom stereocenters. The number of nitrogen functional groups attached to an aromatic ring is 1. The molecule has 1 aromatic rings. The van der Waals surface area contributed by atoms with Crippen LogP contribution in [-0.4, -0.2) is 5.91 Å². The minimum Gasteiger partial charge on any atom is -0.396 e. The van der Waals surface area contributed by atoms with Gasteiger partial charge >= 0.3 is 0 Å². The van der Waals surface area contributed by atoms with Gasteiger partial charge in [-0.2, -0.15) is 0 Å². The molecule has 0 aliphatic heterocycles. The predicted octanol–water partition coefficient (Wildman–Crippen LogP) is 2.78. The van der Waals surface area contributed by atoms with Gasteiger partial charge in [0.25, 0.3) is 0 Å². The molecule has 18 heavy (non-hydrogen) atoms. The van der Waals surface area contributed by atoms with Crippen molar-refractivity contribution in [3.63, 3.8) is 0 Å². The van der Waals surface area contributed by atoms with E-state index in [4.69, 9.17) is 5.73 Å². The second-order valence-electron chi connectivity index (χ2n) is 5.36. The van der Waals surface area contributed by atoms with Crippen LogP contribution in [0.3, 0.4) is 0 Å². The first-order valence-electron chi connectivity index (χ1n) is 6.52. The number of halogens is 1. The van der Waals surface area contributed by atoms with Crippen molar-refractivity contribution in [2.45, 2.75) is 25.7 Å². The molecule has 1 aromatic carbocycles. The Balaban J connectivity index is 1.66. The fraction of sp³-hybridized carbons (Fsp3) is 0.500.